The number of fused-ring (bicyclic) bond motifs is 1. The van der Waals surface area contributed by atoms with Crippen LogP contribution in [0.4, 0.5) is 0 Å². The number of thioether (sulfide) groups is 1. The third kappa shape index (κ3) is 4.26. The minimum Gasteiger partial charge on any atom is -0.388 e. The van der Waals surface area contributed by atoms with Gasteiger partial charge in [0.1, 0.15) is 0 Å². The lowest BCUT2D eigenvalue weighted by atomic mass is 9.97. The fraction of sp³-hybridized carbons (Fsp3) is 0.391. The Balaban J connectivity index is 1.83. The molecule has 1 fully saturated rings. The van der Waals surface area contributed by atoms with E-state index < -0.39 is 13.7 Å². The summed E-state index contributed by atoms with van der Waals surface area (Å²) in [5, 5.41) is 11.4. The second-order valence-electron chi connectivity index (χ2n) is 8.71. The van der Waals surface area contributed by atoms with Gasteiger partial charge in [0.25, 0.3) is 0 Å². The van der Waals surface area contributed by atoms with Crippen molar-refractivity contribution in [1.29, 1.82) is 0 Å². The second-order valence-corrected chi connectivity index (χ2v) is 11.8. The monoisotopic (exact) mass is 430 g/mol. The van der Waals surface area contributed by atoms with Crippen LogP contribution in [0.25, 0.3) is 5.31 Å². The van der Waals surface area contributed by atoms with E-state index in [1.54, 1.807) is 11.8 Å². The van der Waals surface area contributed by atoms with E-state index in [-0.39, 0.29) is 5.41 Å². The Hall–Kier alpha value is -1.36. The molecule has 0 spiro atoms. The van der Waals surface area contributed by atoms with Gasteiger partial charge < -0.3 is 14.2 Å². The van der Waals surface area contributed by atoms with E-state index in [2.05, 4.69) is 0 Å². The predicted molar refractivity (Wildman–Crippen MR) is 118 cm³/mol. The fourth-order valence-electron chi connectivity index (χ4n) is 3.54. The minimum atomic E-state index is -3.51. The van der Waals surface area contributed by atoms with E-state index in [1.165, 1.54) is 0 Å². The summed E-state index contributed by atoms with van der Waals surface area (Å²) in [6, 6.07) is 14.0. The molecule has 1 unspecified atom stereocenters. The highest BCUT2D eigenvalue weighted by molar-refractivity contribution is 8.03. The van der Waals surface area contributed by atoms with E-state index in [4.69, 9.17) is 9.05 Å². The maximum Gasteiger partial charge on any atom is 0.362 e. The molecule has 4 rings (SSSR count). The van der Waals surface area contributed by atoms with Crippen LogP contribution in [0, 0.1) is 19.3 Å². The first-order valence-electron chi connectivity index (χ1n) is 9.83. The lowest BCUT2D eigenvalue weighted by Gasteiger charge is -2.36. The minimum absolute atomic E-state index is 0.180. The number of aryl methyl sites for hydroxylation is 2. The molecule has 2 aliphatic heterocycles. The lowest BCUT2D eigenvalue weighted by Crippen LogP contribution is -2.29. The van der Waals surface area contributed by atoms with E-state index in [9.17, 15) is 9.67 Å². The summed E-state index contributed by atoms with van der Waals surface area (Å²) in [6.07, 6.45) is -0.251. The first kappa shape index (κ1) is 20.9. The van der Waals surface area contributed by atoms with Gasteiger partial charge >= 0.3 is 7.60 Å². The van der Waals surface area contributed by atoms with Crippen molar-refractivity contribution in [2.75, 3.05) is 13.2 Å². The first-order valence-corrected chi connectivity index (χ1v) is 12.2. The van der Waals surface area contributed by atoms with Gasteiger partial charge in [-0.25, -0.2) is 0 Å². The largest absolute Gasteiger partial charge is 0.388 e. The zero-order chi connectivity index (χ0) is 20.8. The molecule has 1 N–H and O–H groups in total. The van der Waals surface area contributed by atoms with Crippen molar-refractivity contribution in [2.24, 2.45) is 5.41 Å². The Morgan fingerprint density at radius 1 is 1.07 bits per heavy atom. The zero-order valence-electron chi connectivity index (χ0n) is 17.3. The zero-order valence-corrected chi connectivity index (χ0v) is 19.0. The van der Waals surface area contributed by atoms with E-state index in [1.807, 2.05) is 70.2 Å². The number of aliphatic hydroxyl groups excluding tert-OH is 1. The molecule has 2 aromatic rings. The quantitative estimate of drug-likeness (QED) is 0.554. The van der Waals surface area contributed by atoms with Crippen LogP contribution in [0.3, 0.4) is 0 Å². The molecule has 6 heteroatoms. The van der Waals surface area contributed by atoms with Crippen LogP contribution in [0.2, 0.25) is 0 Å². The van der Waals surface area contributed by atoms with Gasteiger partial charge in [0.05, 0.1) is 24.6 Å². The molecule has 4 nitrogen and oxygen atoms in total. The topological polar surface area (TPSA) is 55.8 Å². The molecule has 0 bridgehead atoms. The highest BCUT2D eigenvalue weighted by atomic mass is 32.2. The third-order valence-corrected chi connectivity index (χ3v) is 8.62. The van der Waals surface area contributed by atoms with Crippen LogP contribution in [0.15, 0.2) is 52.3 Å². The van der Waals surface area contributed by atoms with Crippen molar-refractivity contribution in [3.05, 3.63) is 69.6 Å². The molecule has 1 saturated heterocycles. The van der Waals surface area contributed by atoms with Crippen LogP contribution in [-0.4, -0.2) is 18.3 Å². The van der Waals surface area contributed by atoms with E-state index >= 15 is 0 Å². The van der Waals surface area contributed by atoms with E-state index in [0.29, 0.717) is 24.9 Å². The fourth-order valence-corrected chi connectivity index (χ4v) is 7.41. The molecule has 0 saturated carbocycles. The molecule has 0 amide bonds. The van der Waals surface area contributed by atoms with Crippen molar-refractivity contribution in [2.45, 2.75) is 45.1 Å². The van der Waals surface area contributed by atoms with Crippen molar-refractivity contribution >= 4 is 24.7 Å². The molecule has 154 valence electrons. The number of rotatable bonds is 2. The molecular formula is C23H27O4PS. The maximum atomic E-state index is 13.9. The van der Waals surface area contributed by atoms with Crippen LogP contribution in [0.5, 0.6) is 0 Å². The number of hydrogen-bond acceptors (Lipinski definition) is 5. The standard InChI is InChI=1S/C23H27O4PS/c1-15-5-8-17(9-6-15)22(28(25)26-13-23(3,4)14-27-28)21-12-19(24)18-11-16(2)7-10-20(18)29-21/h5-11,19,24H,12-14H2,1-4H3/b22-21-. The van der Waals surface area contributed by atoms with Gasteiger partial charge in [-0.2, -0.15) is 0 Å². The highest BCUT2D eigenvalue weighted by Crippen LogP contribution is 2.67. The van der Waals surface area contributed by atoms with Crippen molar-refractivity contribution < 1.29 is 18.7 Å². The predicted octanol–water partition coefficient (Wildman–Crippen LogP) is 6.47. The Morgan fingerprint density at radius 3 is 2.34 bits per heavy atom. The lowest BCUT2D eigenvalue weighted by molar-refractivity contribution is 0.0467. The van der Waals surface area contributed by atoms with Gasteiger partial charge in [-0.1, -0.05) is 73.1 Å². The average molecular weight is 431 g/mol. The first-order chi connectivity index (χ1) is 13.7. The Bertz CT molecular complexity index is 996. The van der Waals surface area contributed by atoms with Crippen molar-refractivity contribution in [3.8, 4) is 0 Å². The second kappa shape index (κ2) is 7.72. The Morgan fingerprint density at radius 2 is 1.69 bits per heavy atom. The molecule has 2 heterocycles. The molecule has 2 aliphatic rings. The Labute approximate surface area is 176 Å². The summed E-state index contributed by atoms with van der Waals surface area (Å²) in [4.78, 5) is 1.83. The summed E-state index contributed by atoms with van der Waals surface area (Å²) >= 11 is 1.56. The summed E-state index contributed by atoms with van der Waals surface area (Å²) < 4.78 is 25.7. The van der Waals surface area contributed by atoms with Gasteiger partial charge in [0, 0.05) is 21.6 Å². The summed E-state index contributed by atoms with van der Waals surface area (Å²) in [6.45, 7) is 8.85. The van der Waals surface area contributed by atoms with Gasteiger partial charge in [-0.15, -0.1) is 0 Å². The van der Waals surface area contributed by atoms with Crippen LogP contribution < -0.4 is 0 Å². The van der Waals surface area contributed by atoms with Crippen molar-refractivity contribution in [3.63, 3.8) is 0 Å². The summed E-state index contributed by atoms with van der Waals surface area (Å²) in [5.74, 6) is 0. The normalized spacial score (nSPS) is 24.7. The molecule has 0 radical (unpaired) electrons. The highest BCUT2D eigenvalue weighted by Gasteiger charge is 2.42. The van der Waals surface area contributed by atoms with Crippen molar-refractivity contribution in [1.82, 2.24) is 0 Å². The smallest absolute Gasteiger partial charge is 0.362 e. The Kier molecular flexibility index (Phi) is 5.56. The molecular weight excluding hydrogens is 403 g/mol. The number of aliphatic hydroxyl groups is 1. The van der Waals surface area contributed by atoms with Crippen LogP contribution in [0.1, 0.15) is 48.6 Å². The van der Waals surface area contributed by atoms with Gasteiger partial charge in [-0.3, -0.25) is 4.57 Å². The number of benzene rings is 2. The summed E-state index contributed by atoms with van der Waals surface area (Å²) in [7, 11) is -3.51. The molecule has 1 atom stereocenters. The van der Waals surface area contributed by atoms with Gasteiger partial charge in [-0.05, 0) is 31.0 Å². The molecule has 0 aromatic heterocycles. The van der Waals surface area contributed by atoms with Crippen LogP contribution in [-0.2, 0) is 13.6 Å². The average Bonchev–Trinajstić information content (AvgIpc) is 2.67. The third-order valence-electron chi connectivity index (χ3n) is 5.25. The van der Waals surface area contributed by atoms with Crippen LogP contribution >= 0.6 is 19.4 Å². The number of hydrogen-bond donors (Lipinski definition) is 1. The van der Waals surface area contributed by atoms with E-state index in [0.717, 1.165) is 32.1 Å². The molecule has 29 heavy (non-hydrogen) atoms. The molecule has 2 aromatic carbocycles. The summed E-state index contributed by atoms with van der Waals surface area (Å²) in [5.41, 5.74) is 3.81. The van der Waals surface area contributed by atoms with Gasteiger partial charge in [0.2, 0.25) is 0 Å². The SMILES string of the molecule is Cc1ccc(/C(=C2\CC(O)c3cc(C)ccc3S2)P2(=O)OCC(C)(C)CO2)cc1. The van der Waals surface area contributed by atoms with Gasteiger partial charge in [0.15, 0.2) is 0 Å². The molecule has 0 aliphatic carbocycles. The maximum absolute atomic E-state index is 13.9.